The number of rotatable bonds is 7. The van der Waals surface area contributed by atoms with Crippen molar-refractivity contribution in [3.63, 3.8) is 0 Å². The fourth-order valence-electron chi connectivity index (χ4n) is 2.83. The molecule has 152 valence electrons. The molecule has 0 radical (unpaired) electrons. The zero-order chi connectivity index (χ0) is 21.0. The van der Waals surface area contributed by atoms with Gasteiger partial charge in [-0.05, 0) is 42.8 Å². The lowest BCUT2D eigenvalue weighted by Crippen LogP contribution is -2.28. The number of methoxy groups -OCH3 is 2. The van der Waals surface area contributed by atoms with Gasteiger partial charge < -0.3 is 23.9 Å². The molecule has 0 bridgehead atoms. The predicted molar refractivity (Wildman–Crippen MR) is 110 cm³/mol. The Bertz CT molecular complexity index is 1060. The van der Waals surface area contributed by atoms with Crippen LogP contribution in [0.4, 0.5) is 0 Å². The van der Waals surface area contributed by atoms with Crippen molar-refractivity contribution in [1.29, 1.82) is 0 Å². The molecule has 3 rings (SSSR count). The van der Waals surface area contributed by atoms with Crippen LogP contribution in [0.5, 0.6) is 11.5 Å². The highest BCUT2D eigenvalue weighted by Gasteiger charge is 2.20. The topological polar surface area (TPSA) is 87.0 Å². The molecule has 0 aliphatic rings. The van der Waals surface area contributed by atoms with Crippen LogP contribution in [-0.2, 0) is 16.1 Å². The number of ether oxygens (including phenoxy) is 3. The predicted octanol–water partition coefficient (Wildman–Crippen LogP) is 3.99. The van der Waals surface area contributed by atoms with Crippen LogP contribution in [0.2, 0.25) is 0 Å². The molecule has 0 spiro atoms. The largest absolute Gasteiger partial charge is 0.493 e. The monoisotopic (exact) mass is 461 g/mol. The Morgan fingerprint density at radius 1 is 1.07 bits per heavy atom. The van der Waals surface area contributed by atoms with E-state index in [-0.39, 0.29) is 12.3 Å². The molecule has 7 nitrogen and oxygen atoms in total. The molecule has 0 aliphatic carbocycles. The van der Waals surface area contributed by atoms with Gasteiger partial charge in [-0.25, -0.2) is 4.79 Å². The number of esters is 1. The Balaban J connectivity index is 1.57. The quantitative estimate of drug-likeness (QED) is 0.535. The number of halogens is 1. The smallest absolute Gasteiger partial charge is 0.375 e. The van der Waals surface area contributed by atoms with Crippen LogP contribution >= 0.6 is 15.9 Å². The van der Waals surface area contributed by atoms with Crippen LogP contribution in [0.25, 0.3) is 11.0 Å². The summed E-state index contributed by atoms with van der Waals surface area (Å²) in [4.78, 5) is 24.4. The number of fused-ring (bicyclic) bond motifs is 1. The number of hydrogen-bond donors (Lipinski definition) is 1. The molecule has 0 saturated heterocycles. The Morgan fingerprint density at radius 3 is 2.55 bits per heavy atom. The summed E-state index contributed by atoms with van der Waals surface area (Å²) in [7, 11) is 3.09. The highest BCUT2D eigenvalue weighted by atomic mass is 79.9. The number of hydrogen-bond acceptors (Lipinski definition) is 6. The Morgan fingerprint density at radius 2 is 1.83 bits per heavy atom. The fourth-order valence-corrected chi connectivity index (χ4v) is 3.19. The van der Waals surface area contributed by atoms with Gasteiger partial charge in [-0.3, -0.25) is 4.79 Å². The van der Waals surface area contributed by atoms with E-state index in [1.54, 1.807) is 39.3 Å². The lowest BCUT2D eigenvalue weighted by atomic mass is 10.1. The Labute approximate surface area is 176 Å². The van der Waals surface area contributed by atoms with Crippen LogP contribution in [0.15, 0.2) is 45.3 Å². The summed E-state index contributed by atoms with van der Waals surface area (Å²) in [6, 6.07) is 10.8. The highest BCUT2D eigenvalue weighted by Crippen LogP contribution is 2.29. The standard InChI is InChI=1S/C21H20BrNO6/c1-12-15-9-14(22)5-7-16(15)29-20(12)21(25)28-11-19(24)23-10-13-4-6-17(26-2)18(8-13)27-3/h4-9H,10-11H2,1-3H3,(H,23,24). The third-order valence-electron chi connectivity index (χ3n) is 4.36. The Kier molecular flexibility index (Phi) is 6.43. The molecular formula is C21H20BrNO6. The molecule has 29 heavy (non-hydrogen) atoms. The molecule has 1 heterocycles. The number of nitrogens with one attached hydrogen (secondary N) is 1. The minimum atomic E-state index is -0.684. The number of carbonyl (C=O) groups excluding carboxylic acids is 2. The van der Waals surface area contributed by atoms with E-state index < -0.39 is 18.5 Å². The first kappa shape index (κ1) is 20.7. The molecule has 0 aliphatic heterocycles. The maximum Gasteiger partial charge on any atom is 0.375 e. The normalized spacial score (nSPS) is 10.6. The van der Waals surface area contributed by atoms with Gasteiger partial charge in [0.25, 0.3) is 5.91 Å². The van der Waals surface area contributed by atoms with Crippen molar-refractivity contribution in [2.45, 2.75) is 13.5 Å². The average Bonchev–Trinajstić information content (AvgIpc) is 3.06. The van der Waals surface area contributed by atoms with Crippen molar-refractivity contribution < 1.29 is 28.2 Å². The second kappa shape index (κ2) is 9.00. The summed E-state index contributed by atoms with van der Waals surface area (Å²) in [6.45, 7) is 1.62. The lowest BCUT2D eigenvalue weighted by molar-refractivity contribution is -0.124. The molecule has 1 aromatic heterocycles. The molecule has 0 atom stereocenters. The van der Waals surface area contributed by atoms with E-state index in [4.69, 9.17) is 18.6 Å². The second-order valence-electron chi connectivity index (χ2n) is 6.24. The molecule has 1 amide bonds. The van der Waals surface area contributed by atoms with Crippen molar-refractivity contribution in [3.05, 3.63) is 57.8 Å². The number of aryl methyl sites for hydroxylation is 1. The minimum absolute atomic E-state index is 0.0887. The van der Waals surface area contributed by atoms with Gasteiger partial charge in [-0.1, -0.05) is 22.0 Å². The van der Waals surface area contributed by atoms with Gasteiger partial charge in [0.15, 0.2) is 18.1 Å². The van der Waals surface area contributed by atoms with Crippen molar-refractivity contribution in [2.75, 3.05) is 20.8 Å². The van der Waals surface area contributed by atoms with Gasteiger partial charge in [-0.2, -0.15) is 0 Å². The van der Waals surface area contributed by atoms with E-state index in [2.05, 4.69) is 21.2 Å². The summed E-state index contributed by atoms with van der Waals surface area (Å²) in [5.41, 5.74) is 2.06. The number of carbonyl (C=O) groups is 2. The van der Waals surface area contributed by atoms with E-state index >= 15 is 0 Å². The summed E-state index contributed by atoms with van der Waals surface area (Å²) in [5.74, 6) is 0.147. The Hall–Kier alpha value is -3.00. The third-order valence-corrected chi connectivity index (χ3v) is 4.85. The molecule has 0 saturated carbocycles. The summed E-state index contributed by atoms with van der Waals surface area (Å²) >= 11 is 3.39. The SMILES string of the molecule is COc1ccc(CNC(=O)COC(=O)c2oc3ccc(Br)cc3c2C)cc1OC. The summed E-state index contributed by atoms with van der Waals surface area (Å²) in [5, 5.41) is 3.50. The number of amides is 1. The van der Waals surface area contributed by atoms with Crippen LogP contribution in [0.3, 0.4) is 0 Å². The fraction of sp³-hybridized carbons (Fsp3) is 0.238. The van der Waals surface area contributed by atoms with Crippen molar-refractivity contribution in [3.8, 4) is 11.5 Å². The third kappa shape index (κ3) is 4.71. The molecule has 8 heteroatoms. The molecule has 0 unspecified atom stereocenters. The zero-order valence-corrected chi connectivity index (χ0v) is 17.8. The van der Waals surface area contributed by atoms with Crippen LogP contribution in [0, 0.1) is 6.92 Å². The van der Waals surface area contributed by atoms with E-state index in [0.29, 0.717) is 22.6 Å². The van der Waals surface area contributed by atoms with Gasteiger partial charge in [0.1, 0.15) is 5.58 Å². The average molecular weight is 462 g/mol. The zero-order valence-electron chi connectivity index (χ0n) is 16.2. The van der Waals surface area contributed by atoms with E-state index in [0.717, 1.165) is 15.4 Å². The van der Waals surface area contributed by atoms with E-state index in [1.807, 2.05) is 18.2 Å². The van der Waals surface area contributed by atoms with Gasteiger partial charge in [0, 0.05) is 22.0 Å². The highest BCUT2D eigenvalue weighted by molar-refractivity contribution is 9.10. The first-order valence-electron chi connectivity index (χ1n) is 8.76. The minimum Gasteiger partial charge on any atom is -0.493 e. The summed E-state index contributed by atoms with van der Waals surface area (Å²) < 4.78 is 22.0. The van der Waals surface area contributed by atoms with Crippen molar-refractivity contribution in [1.82, 2.24) is 5.32 Å². The summed E-state index contributed by atoms with van der Waals surface area (Å²) in [6.07, 6.45) is 0. The second-order valence-corrected chi connectivity index (χ2v) is 7.15. The molecule has 0 fully saturated rings. The molecule has 1 N–H and O–H groups in total. The van der Waals surface area contributed by atoms with Gasteiger partial charge in [0.2, 0.25) is 5.76 Å². The van der Waals surface area contributed by atoms with Crippen LogP contribution < -0.4 is 14.8 Å². The van der Waals surface area contributed by atoms with Gasteiger partial charge >= 0.3 is 5.97 Å². The molecular weight excluding hydrogens is 442 g/mol. The molecule has 3 aromatic rings. The first-order valence-corrected chi connectivity index (χ1v) is 9.55. The maximum atomic E-state index is 12.3. The first-order chi connectivity index (χ1) is 13.9. The van der Waals surface area contributed by atoms with Crippen LogP contribution in [-0.4, -0.2) is 32.7 Å². The van der Waals surface area contributed by atoms with Gasteiger partial charge in [0.05, 0.1) is 14.2 Å². The molecule has 2 aromatic carbocycles. The van der Waals surface area contributed by atoms with Gasteiger partial charge in [-0.15, -0.1) is 0 Å². The lowest BCUT2D eigenvalue weighted by Gasteiger charge is -2.10. The van der Waals surface area contributed by atoms with Crippen LogP contribution in [0.1, 0.15) is 21.7 Å². The number of furan rings is 1. The maximum absolute atomic E-state index is 12.3. The van der Waals surface area contributed by atoms with E-state index in [1.165, 1.54) is 0 Å². The number of benzene rings is 2. The van der Waals surface area contributed by atoms with E-state index in [9.17, 15) is 9.59 Å². The van der Waals surface area contributed by atoms with Crippen molar-refractivity contribution in [2.24, 2.45) is 0 Å². The van der Waals surface area contributed by atoms with Crippen molar-refractivity contribution >= 4 is 38.8 Å².